The quantitative estimate of drug-likeness (QED) is 0.606. The first-order valence-electron chi connectivity index (χ1n) is 4.75. The molecule has 0 saturated carbocycles. The molecule has 1 heterocycles. The molecule has 9 heteroatoms. The number of aromatic hydroxyl groups is 1. The molecule has 0 bridgehead atoms. The molecule has 0 amide bonds. The zero-order valence-corrected chi connectivity index (χ0v) is 10.5. The van der Waals surface area contributed by atoms with Crippen molar-refractivity contribution in [2.45, 2.75) is 0 Å². The first-order valence-corrected chi connectivity index (χ1v) is 5.55. The molecule has 0 saturated heterocycles. The fourth-order valence-corrected chi connectivity index (χ4v) is 2.02. The number of nitrogens with one attached hydrogen (secondary N) is 1. The van der Waals surface area contributed by atoms with Crippen molar-refractivity contribution in [3.8, 4) is 5.75 Å². The van der Waals surface area contributed by atoms with Crippen LogP contribution in [0.2, 0.25) is 0 Å². The minimum Gasteiger partial charge on any atom is -0.504 e. The predicted molar refractivity (Wildman–Crippen MR) is 66.8 cm³/mol. The molecule has 2 aromatic rings. The van der Waals surface area contributed by atoms with Crippen molar-refractivity contribution in [1.82, 2.24) is 4.98 Å². The first-order chi connectivity index (χ1) is 8.82. The summed E-state index contributed by atoms with van der Waals surface area (Å²) in [5.41, 5.74) is -3.42. The van der Waals surface area contributed by atoms with Crippen LogP contribution in [0.4, 0.5) is 10.1 Å². The van der Waals surface area contributed by atoms with E-state index in [4.69, 9.17) is 0 Å². The number of hydrogen-bond donors (Lipinski definition) is 2. The van der Waals surface area contributed by atoms with Crippen molar-refractivity contribution in [2.75, 3.05) is 0 Å². The molecule has 1 aromatic heterocycles. The van der Waals surface area contributed by atoms with E-state index < -0.39 is 38.6 Å². The number of fused-ring (bicyclic) bond motifs is 1. The van der Waals surface area contributed by atoms with Gasteiger partial charge in [-0.05, 0) is 22.0 Å². The SMILES string of the molecule is O=c1cc(O)c(=O)c2c([N+](=O)[O-])c(F)c(Br)cc2[nH]1. The summed E-state index contributed by atoms with van der Waals surface area (Å²) in [6.45, 7) is 0. The van der Waals surface area contributed by atoms with Crippen LogP contribution in [0.15, 0.2) is 26.2 Å². The third kappa shape index (κ3) is 2.08. The summed E-state index contributed by atoms with van der Waals surface area (Å²) in [5.74, 6) is -2.26. The van der Waals surface area contributed by atoms with E-state index in [1.165, 1.54) is 0 Å². The minimum absolute atomic E-state index is 0.254. The molecule has 98 valence electrons. The molecule has 0 atom stereocenters. The number of nitro benzene ring substituents is 1. The molecule has 19 heavy (non-hydrogen) atoms. The van der Waals surface area contributed by atoms with E-state index in [2.05, 4.69) is 20.9 Å². The zero-order chi connectivity index (χ0) is 14.3. The molecular formula is C10H4BrFN2O5. The number of halogens is 2. The Kier molecular flexibility index (Phi) is 3.06. The maximum Gasteiger partial charge on any atom is 0.319 e. The van der Waals surface area contributed by atoms with Gasteiger partial charge >= 0.3 is 5.69 Å². The third-order valence-corrected chi connectivity index (χ3v) is 2.94. The topological polar surface area (TPSA) is 113 Å². The summed E-state index contributed by atoms with van der Waals surface area (Å²) >= 11 is 2.75. The van der Waals surface area contributed by atoms with Crippen LogP contribution in [0.5, 0.6) is 5.75 Å². The number of benzene rings is 1. The van der Waals surface area contributed by atoms with E-state index >= 15 is 0 Å². The summed E-state index contributed by atoms with van der Waals surface area (Å²) in [4.78, 5) is 35.0. The Morgan fingerprint density at radius 2 is 2.00 bits per heavy atom. The van der Waals surface area contributed by atoms with E-state index in [1.54, 1.807) is 0 Å². The van der Waals surface area contributed by atoms with Crippen LogP contribution < -0.4 is 11.0 Å². The van der Waals surface area contributed by atoms with Crippen LogP contribution >= 0.6 is 15.9 Å². The lowest BCUT2D eigenvalue weighted by Crippen LogP contribution is -2.04. The van der Waals surface area contributed by atoms with Crippen LogP contribution in [0, 0.1) is 15.9 Å². The van der Waals surface area contributed by atoms with Crippen LogP contribution in [0.1, 0.15) is 0 Å². The molecule has 0 aliphatic rings. The van der Waals surface area contributed by atoms with Crippen molar-refractivity contribution in [1.29, 1.82) is 0 Å². The molecule has 1 aromatic carbocycles. The van der Waals surface area contributed by atoms with Crippen molar-refractivity contribution in [3.05, 3.63) is 53.1 Å². The predicted octanol–water partition coefficient (Wildman–Crippen LogP) is 1.40. The second kappa shape index (κ2) is 4.43. The zero-order valence-electron chi connectivity index (χ0n) is 8.94. The van der Waals surface area contributed by atoms with Crippen molar-refractivity contribution in [2.24, 2.45) is 0 Å². The van der Waals surface area contributed by atoms with Gasteiger partial charge in [0, 0.05) is 6.07 Å². The average Bonchev–Trinajstić information content (AvgIpc) is 2.39. The third-order valence-electron chi connectivity index (χ3n) is 2.36. The standard InChI is InChI=1S/C10H4BrFN2O5/c11-3-1-4-7(9(8(3)12)14(18)19)10(17)5(15)2-6(16)13-4/h1-2H,(H,13,16)(H,15,17). The molecule has 0 aliphatic carbocycles. The van der Waals surface area contributed by atoms with Crippen molar-refractivity contribution in [3.63, 3.8) is 0 Å². The van der Waals surface area contributed by atoms with Gasteiger partial charge in [-0.25, -0.2) is 0 Å². The Morgan fingerprint density at radius 3 is 2.58 bits per heavy atom. The largest absolute Gasteiger partial charge is 0.504 e. The van der Waals surface area contributed by atoms with Gasteiger partial charge in [0.2, 0.25) is 11.2 Å². The number of nitrogens with zero attached hydrogens (tertiary/aromatic N) is 1. The Bertz CT molecular complexity index is 833. The van der Waals surface area contributed by atoms with E-state index in [0.29, 0.717) is 6.07 Å². The molecule has 0 spiro atoms. The van der Waals surface area contributed by atoms with Gasteiger partial charge in [0.15, 0.2) is 5.75 Å². The molecule has 2 rings (SSSR count). The summed E-state index contributed by atoms with van der Waals surface area (Å²) in [6.07, 6.45) is 0. The summed E-state index contributed by atoms with van der Waals surface area (Å²) in [5, 5.41) is 19.5. The first kappa shape index (κ1) is 13.1. The molecule has 0 unspecified atom stereocenters. The van der Waals surface area contributed by atoms with Gasteiger partial charge in [-0.15, -0.1) is 0 Å². The number of hydrogen-bond acceptors (Lipinski definition) is 5. The highest BCUT2D eigenvalue weighted by molar-refractivity contribution is 9.10. The minimum atomic E-state index is -1.26. The van der Waals surface area contributed by atoms with E-state index in [-0.39, 0.29) is 9.99 Å². The highest BCUT2D eigenvalue weighted by atomic mass is 79.9. The van der Waals surface area contributed by atoms with Gasteiger partial charge in [0.05, 0.1) is 14.9 Å². The van der Waals surface area contributed by atoms with E-state index in [9.17, 15) is 29.2 Å². The van der Waals surface area contributed by atoms with Crippen LogP contribution in [-0.4, -0.2) is 15.0 Å². The fourth-order valence-electron chi connectivity index (χ4n) is 1.60. The van der Waals surface area contributed by atoms with Crippen molar-refractivity contribution < 1.29 is 14.4 Å². The smallest absolute Gasteiger partial charge is 0.319 e. The van der Waals surface area contributed by atoms with E-state index in [1.807, 2.05) is 0 Å². The summed E-state index contributed by atoms with van der Waals surface area (Å²) in [7, 11) is 0. The Balaban J connectivity index is 3.27. The summed E-state index contributed by atoms with van der Waals surface area (Å²) < 4.78 is 13.4. The Labute approximate surface area is 111 Å². The van der Waals surface area contributed by atoms with Gasteiger partial charge < -0.3 is 10.1 Å². The van der Waals surface area contributed by atoms with E-state index in [0.717, 1.165) is 6.07 Å². The summed E-state index contributed by atoms with van der Waals surface area (Å²) in [6, 6.07) is 1.58. The highest BCUT2D eigenvalue weighted by Gasteiger charge is 2.25. The van der Waals surface area contributed by atoms with Gasteiger partial charge in [0.25, 0.3) is 5.56 Å². The molecular weight excluding hydrogens is 327 g/mol. The lowest BCUT2D eigenvalue weighted by molar-refractivity contribution is -0.385. The Hall–Kier alpha value is -2.29. The lowest BCUT2D eigenvalue weighted by atomic mass is 10.2. The van der Waals surface area contributed by atoms with Gasteiger partial charge in [-0.3, -0.25) is 19.7 Å². The molecule has 0 aliphatic heterocycles. The lowest BCUT2D eigenvalue weighted by Gasteiger charge is -1.99. The monoisotopic (exact) mass is 330 g/mol. The van der Waals surface area contributed by atoms with Gasteiger partial charge in [-0.1, -0.05) is 0 Å². The van der Waals surface area contributed by atoms with Gasteiger partial charge in [-0.2, -0.15) is 4.39 Å². The average molecular weight is 331 g/mol. The van der Waals surface area contributed by atoms with Crippen LogP contribution in [-0.2, 0) is 0 Å². The molecule has 2 N–H and O–H groups in total. The number of nitro groups is 1. The van der Waals surface area contributed by atoms with Gasteiger partial charge in [0.1, 0.15) is 5.39 Å². The fraction of sp³-hybridized carbons (Fsp3) is 0. The maximum atomic E-state index is 13.7. The second-order valence-electron chi connectivity index (χ2n) is 3.55. The highest BCUT2D eigenvalue weighted by Crippen LogP contribution is 2.31. The number of rotatable bonds is 1. The molecule has 0 fully saturated rings. The normalized spacial score (nSPS) is 10.6. The van der Waals surface area contributed by atoms with Crippen LogP contribution in [0.25, 0.3) is 10.9 Å². The van der Waals surface area contributed by atoms with Crippen LogP contribution in [0.3, 0.4) is 0 Å². The van der Waals surface area contributed by atoms with Crippen molar-refractivity contribution >= 4 is 32.5 Å². The number of H-pyrrole nitrogens is 1. The Morgan fingerprint density at radius 1 is 1.37 bits per heavy atom. The number of aromatic amines is 1. The second-order valence-corrected chi connectivity index (χ2v) is 4.40. The maximum absolute atomic E-state index is 13.7. The molecule has 7 nitrogen and oxygen atoms in total. The molecule has 0 radical (unpaired) electrons. The number of aromatic nitrogens is 1.